The summed E-state index contributed by atoms with van der Waals surface area (Å²) in [6.45, 7) is 0.748. The fraction of sp³-hybridized carbons (Fsp3) is 0.333. The highest BCUT2D eigenvalue weighted by Gasteiger charge is 2.24. The van der Waals surface area contributed by atoms with E-state index >= 15 is 0 Å². The maximum Gasteiger partial charge on any atom is 0.335 e. The van der Waals surface area contributed by atoms with Gasteiger partial charge in [0.25, 0.3) is 0 Å². The Kier molecular flexibility index (Phi) is 3.92. The summed E-state index contributed by atoms with van der Waals surface area (Å²) in [5.74, 6) is -1.12. The number of β-amino-alcohol motifs (C(OH)–C–C–N with tert-alkyl or cyclic N) is 1. The molecular weight excluding hydrogens is 272 g/mol. The maximum absolute atomic E-state index is 11.9. The molecule has 1 aromatic rings. The number of aromatic carboxylic acids is 1. The first kappa shape index (κ1) is 13.6. The normalized spacial score (nSPS) is 18.4. The third-order valence-electron chi connectivity index (χ3n) is 2.85. The van der Waals surface area contributed by atoms with E-state index in [9.17, 15) is 14.7 Å². The van der Waals surface area contributed by atoms with E-state index in [1.807, 2.05) is 0 Å². The number of rotatable bonds is 2. The summed E-state index contributed by atoms with van der Waals surface area (Å²) in [5, 5.41) is 21.1. The smallest absolute Gasteiger partial charge is 0.335 e. The second-order valence-corrected chi connectivity index (χ2v) is 4.79. The fourth-order valence-corrected chi connectivity index (χ4v) is 2.15. The molecule has 19 heavy (non-hydrogen) atoms. The van der Waals surface area contributed by atoms with Crippen molar-refractivity contribution >= 4 is 29.3 Å². The van der Waals surface area contributed by atoms with Gasteiger partial charge in [0.15, 0.2) is 0 Å². The number of anilines is 1. The number of carbonyl (C=O) groups excluding carboxylic acids is 1. The van der Waals surface area contributed by atoms with Crippen LogP contribution in [0, 0.1) is 0 Å². The van der Waals surface area contributed by atoms with Crippen LogP contribution in [0.1, 0.15) is 16.8 Å². The number of hydrogen-bond acceptors (Lipinski definition) is 3. The van der Waals surface area contributed by atoms with E-state index in [4.69, 9.17) is 16.7 Å². The van der Waals surface area contributed by atoms with Crippen LogP contribution in [-0.2, 0) is 0 Å². The topological polar surface area (TPSA) is 89.9 Å². The fourth-order valence-electron chi connectivity index (χ4n) is 1.91. The highest BCUT2D eigenvalue weighted by atomic mass is 35.5. The molecule has 0 saturated carbocycles. The molecule has 1 heterocycles. The lowest BCUT2D eigenvalue weighted by Gasteiger charge is -2.16. The minimum Gasteiger partial charge on any atom is -0.478 e. The van der Waals surface area contributed by atoms with Crippen molar-refractivity contribution in [3.8, 4) is 0 Å². The van der Waals surface area contributed by atoms with E-state index in [0.29, 0.717) is 18.7 Å². The SMILES string of the molecule is O=C(O)c1cc(Cl)cc(NC(=O)N2CCC(O)C2)c1. The number of hydrogen-bond donors (Lipinski definition) is 3. The number of carboxylic acid groups (broad SMARTS) is 1. The molecule has 1 atom stereocenters. The number of amides is 2. The summed E-state index contributed by atoms with van der Waals surface area (Å²) in [6.07, 6.45) is 0.0447. The Morgan fingerprint density at radius 2 is 2.11 bits per heavy atom. The molecule has 2 rings (SSSR count). The van der Waals surface area contributed by atoms with Gasteiger partial charge in [-0.05, 0) is 24.6 Å². The zero-order valence-electron chi connectivity index (χ0n) is 9.97. The van der Waals surface area contributed by atoms with Crippen molar-refractivity contribution < 1.29 is 19.8 Å². The van der Waals surface area contributed by atoms with Gasteiger partial charge in [-0.1, -0.05) is 11.6 Å². The van der Waals surface area contributed by atoms with Crippen molar-refractivity contribution in [1.29, 1.82) is 0 Å². The molecule has 1 unspecified atom stereocenters. The number of urea groups is 1. The van der Waals surface area contributed by atoms with E-state index in [2.05, 4.69) is 5.32 Å². The lowest BCUT2D eigenvalue weighted by molar-refractivity contribution is 0.0697. The number of halogens is 1. The molecule has 1 fully saturated rings. The molecule has 0 radical (unpaired) electrons. The first-order chi connectivity index (χ1) is 8.95. The van der Waals surface area contributed by atoms with Crippen LogP contribution in [0.5, 0.6) is 0 Å². The number of nitrogens with one attached hydrogen (secondary N) is 1. The van der Waals surface area contributed by atoms with Gasteiger partial charge in [-0.25, -0.2) is 9.59 Å². The molecule has 2 amide bonds. The zero-order valence-corrected chi connectivity index (χ0v) is 10.7. The minimum absolute atomic E-state index is 0.00394. The number of carbonyl (C=O) groups is 2. The summed E-state index contributed by atoms with van der Waals surface area (Å²) in [5.41, 5.74) is 0.320. The van der Waals surface area contributed by atoms with Gasteiger partial charge in [0.2, 0.25) is 0 Å². The molecule has 1 aromatic carbocycles. The van der Waals surface area contributed by atoms with Gasteiger partial charge in [-0.3, -0.25) is 0 Å². The van der Waals surface area contributed by atoms with Crippen molar-refractivity contribution in [3.05, 3.63) is 28.8 Å². The third-order valence-corrected chi connectivity index (χ3v) is 3.06. The number of nitrogens with zero attached hydrogens (tertiary/aromatic N) is 1. The zero-order chi connectivity index (χ0) is 14.0. The summed E-state index contributed by atoms with van der Waals surface area (Å²) in [4.78, 5) is 24.2. The number of carboxylic acids is 1. The predicted octanol–water partition coefficient (Wildman–Crippen LogP) is 1.64. The van der Waals surface area contributed by atoms with Gasteiger partial charge >= 0.3 is 12.0 Å². The monoisotopic (exact) mass is 284 g/mol. The Balaban J connectivity index is 2.10. The highest BCUT2D eigenvalue weighted by molar-refractivity contribution is 6.31. The minimum atomic E-state index is -1.12. The lowest BCUT2D eigenvalue weighted by Crippen LogP contribution is -2.33. The molecule has 0 bridgehead atoms. The molecule has 1 aliphatic rings. The third kappa shape index (κ3) is 3.36. The van der Waals surface area contributed by atoms with E-state index in [1.54, 1.807) is 0 Å². The van der Waals surface area contributed by atoms with Crippen molar-refractivity contribution in [1.82, 2.24) is 4.90 Å². The molecule has 7 heteroatoms. The quantitative estimate of drug-likeness (QED) is 0.770. The van der Waals surface area contributed by atoms with Crippen molar-refractivity contribution in [2.24, 2.45) is 0 Å². The van der Waals surface area contributed by atoms with E-state index < -0.39 is 12.1 Å². The van der Waals surface area contributed by atoms with Gasteiger partial charge in [0.05, 0.1) is 11.7 Å². The summed E-state index contributed by atoms with van der Waals surface area (Å²) in [7, 11) is 0. The average Bonchev–Trinajstić information content (AvgIpc) is 2.75. The van der Waals surface area contributed by atoms with Crippen LogP contribution in [-0.4, -0.2) is 46.3 Å². The van der Waals surface area contributed by atoms with E-state index in [-0.39, 0.29) is 23.2 Å². The van der Waals surface area contributed by atoms with Crippen LogP contribution in [0.15, 0.2) is 18.2 Å². The van der Waals surface area contributed by atoms with Gasteiger partial charge < -0.3 is 20.4 Å². The number of likely N-dealkylation sites (tertiary alicyclic amines) is 1. The van der Waals surface area contributed by atoms with Crippen LogP contribution in [0.3, 0.4) is 0 Å². The Morgan fingerprint density at radius 1 is 1.37 bits per heavy atom. The second kappa shape index (κ2) is 5.46. The highest BCUT2D eigenvalue weighted by Crippen LogP contribution is 2.20. The molecule has 0 aromatic heterocycles. The molecule has 1 aliphatic heterocycles. The van der Waals surface area contributed by atoms with Crippen molar-refractivity contribution in [2.75, 3.05) is 18.4 Å². The number of aliphatic hydroxyl groups excluding tert-OH is 1. The van der Waals surface area contributed by atoms with Crippen LogP contribution in [0.4, 0.5) is 10.5 Å². The predicted molar refractivity (Wildman–Crippen MR) is 69.6 cm³/mol. The molecule has 3 N–H and O–H groups in total. The lowest BCUT2D eigenvalue weighted by atomic mass is 10.2. The van der Waals surface area contributed by atoms with Gasteiger partial charge in [-0.15, -0.1) is 0 Å². The average molecular weight is 285 g/mol. The summed E-state index contributed by atoms with van der Waals surface area (Å²) >= 11 is 5.79. The molecule has 0 spiro atoms. The Labute approximate surface area is 114 Å². The second-order valence-electron chi connectivity index (χ2n) is 4.35. The van der Waals surface area contributed by atoms with Crippen LogP contribution >= 0.6 is 11.6 Å². The maximum atomic E-state index is 11.9. The van der Waals surface area contributed by atoms with Crippen LogP contribution in [0.2, 0.25) is 5.02 Å². The molecule has 0 aliphatic carbocycles. The Hall–Kier alpha value is -1.79. The number of aliphatic hydroxyl groups is 1. The molecule has 102 valence electrons. The first-order valence-corrected chi connectivity index (χ1v) is 6.11. The van der Waals surface area contributed by atoms with Crippen LogP contribution < -0.4 is 5.32 Å². The van der Waals surface area contributed by atoms with Crippen molar-refractivity contribution in [2.45, 2.75) is 12.5 Å². The Bertz CT molecular complexity index is 520. The van der Waals surface area contributed by atoms with Gasteiger partial charge in [0.1, 0.15) is 0 Å². The summed E-state index contributed by atoms with van der Waals surface area (Å²) < 4.78 is 0. The van der Waals surface area contributed by atoms with Gasteiger partial charge in [0, 0.05) is 23.8 Å². The summed E-state index contributed by atoms with van der Waals surface area (Å²) in [6, 6.07) is 3.73. The molecule has 6 nitrogen and oxygen atoms in total. The Morgan fingerprint density at radius 3 is 2.68 bits per heavy atom. The number of benzene rings is 1. The largest absolute Gasteiger partial charge is 0.478 e. The van der Waals surface area contributed by atoms with Gasteiger partial charge in [-0.2, -0.15) is 0 Å². The van der Waals surface area contributed by atoms with Crippen LogP contribution in [0.25, 0.3) is 0 Å². The standard InChI is InChI=1S/C12H13ClN2O4/c13-8-3-7(11(17)18)4-9(5-8)14-12(19)15-2-1-10(16)6-15/h3-5,10,16H,1-2,6H2,(H,14,19)(H,17,18). The van der Waals surface area contributed by atoms with E-state index in [1.165, 1.54) is 23.1 Å². The molecular formula is C12H13ClN2O4. The van der Waals surface area contributed by atoms with E-state index in [0.717, 1.165) is 0 Å². The molecule has 1 saturated heterocycles. The van der Waals surface area contributed by atoms with Crippen molar-refractivity contribution in [3.63, 3.8) is 0 Å². The first-order valence-electron chi connectivity index (χ1n) is 5.73.